The molecular weight excluding hydrogens is 371 g/mol. The second kappa shape index (κ2) is 9.03. The number of halogens is 1. The zero-order chi connectivity index (χ0) is 20.2. The van der Waals surface area contributed by atoms with Gasteiger partial charge in [-0.15, -0.1) is 0 Å². The van der Waals surface area contributed by atoms with Crippen LogP contribution in [0.2, 0.25) is 0 Å². The van der Waals surface area contributed by atoms with Gasteiger partial charge in [0.1, 0.15) is 5.82 Å². The fraction of sp³-hybridized carbons (Fsp3) is 0.591. The quantitative estimate of drug-likeness (QED) is 0.762. The summed E-state index contributed by atoms with van der Waals surface area (Å²) in [5.41, 5.74) is 0.733. The van der Waals surface area contributed by atoms with E-state index in [0.717, 1.165) is 44.3 Å². The summed E-state index contributed by atoms with van der Waals surface area (Å²) in [4.78, 5) is 21.6. The molecule has 2 aromatic rings. The summed E-state index contributed by atoms with van der Waals surface area (Å²) >= 11 is 0. The predicted molar refractivity (Wildman–Crippen MR) is 107 cm³/mol. The van der Waals surface area contributed by atoms with Gasteiger partial charge in [-0.25, -0.2) is 4.39 Å². The Morgan fingerprint density at radius 3 is 2.52 bits per heavy atom. The van der Waals surface area contributed by atoms with Crippen molar-refractivity contribution in [2.45, 2.75) is 57.5 Å². The molecule has 1 aromatic heterocycles. The fourth-order valence-corrected chi connectivity index (χ4v) is 4.50. The van der Waals surface area contributed by atoms with Gasteiger partial charge < -0.3 is 9.42 Å². The smallest absolute Gasteiger partial charge is 0.241 e. The second-order valence-electron chi connectivity index (χ2n) is 8.31. The number of aromatic nitrogens is 2. The van der Waals surface area contributed by atoms with Crippen LogP contribution < -0.4 is 0 Å². The molecule has 0 bridgehead atoms. The van der Waals surface area contributed by atoms with Gasteiger partial charge in [-0.3, -0.25) is 9.69 Å². The second-order valence-corrected chi connectivity index (χ2v) is 8.31. The molecule has 0 N–H and O–H groups in total. The summed E-state index contributed by atoms with van der Waals surface area (Å²) in [6, 6.07) is 6.49. The minimum atomic E-state index is -0.288. The maximum Gasteiger partial charge on any atom is 0.241 e. The van der Waals surface area contributed by atoms with Gasteiger partial charge in [-0.1, -0.05) is 24.4 Å². The van der Waals surface area contributed by atoms with Crippen LogP contribution in [-0.4, -0.2) is 52.0 Å². The Labute approximate surface area is 171 Å². The lowest BCUT2D eigenvalue weighted by Gasteiger charge is -2.36. The molecule has 0 spiro atoms. The largest absolute Gasteiger partial charge is 0.343 e. The number of piperidine rings is 1. The van der Waals surface area contributed by atoms with E-state index in [2.05, 4.69) is 15.0 Å². The molecule has 156 valence electrons. The highest BCUT2D eigenvalue weighted by molar-refractivity contribution is 5.79. The summed E-state index contributed by atoms with van der Waals surface area (Å²) in [5.74, 6) is 1.17. The molecule has 4 rings (SSSR count). The van der Waals surface area contributed by atoms with Crippen LogP contribution in [0.25, 0.3) is 11.4 Å². The van der Waals surface area contributed by atoms with Crippen LogP contribution in [0.1, 0.15) is 50.8 Å². The maximum atomic E-state index is 13.1. The first-order chi connectivity index (χ1) is 14.1. The SMILES string of the molecule is CN(C(=O)C1CCN(Cc2nc(-c3ccc(F)cc3)no2)CC1)C1CCCCC1. The van der Waals surface area contributed by atoms with E-state index < -0.39 is 0 Å². The standard InChI is InChI=1S/C22H29FN4O2/c1-26(19-5-3-2-4-6-19)22(28)17-11-13-27(14-12-17)15-20-24-21(25-29-20)16-7-9-18(23)10-8-16/h7-10,17,19H,2-6,11-15H2,1H3. The zero-order valence-corrected chi connectivity index (χ0v) is 17.0. The summed E-state index contributed by atoms with van der Waals surface area (Å²) in [6.07, 6.45) is 7.82. The Bertz CT molecular complexity index is 808. The maximum absolute atomic E-state index is 13.1. The molecule has 1 amide bonds. The summed E-state index contributed by atoms with van der Waals surface area (Å²) in [6.45, 7) is 2.28. The summed E-state index contributed by atoms with van der Waals surface area (Å²) < 4.78 is 18.4. The molecular formula is C22H29FN4O2. The Balaban J connectivity index is 1.28. The first-order valence-electron chi connectivity index (χ1n) is 10.7. The minimum Gasteiger partial charge on any atom is -0.343 e. The average Bonchev–Trinajstić information content (AvgIpc) is 3.23. The van der Waals surface area contributed by atoms with Gasteiger partial charge in [-0.2, -0.15) is 4.98 Å². The van der Waals surface area contributed by atoms with Crippen LogP contribution in [0, 0.1) is 11.7 Å². The fourth-order valence-electron chi connectivity index (χ4n) is 4.50. The molecule has 0 unspecified atom stereocenters. The van der Waals surface area contributed by atoms with Crippen LogP contribution in [0.5, 0.6) is 0 Å². The number of nitrogens with zero attached hydrogens (tertiary/aromatic N) is 4. The van der Waals surface area contributed by atoms with E-state index in [1.807, 2.05) is 11.9 Å². The Hall–Kier alpha value is -2.28. The Morgan fingerprint density at radius 1 is 1.14 bits per heavy atom. The van der Waals surface area contributed by atoms with Crippen molar-refractivity contribution >= 4 is 5.91 Å². The number of hydrogen-bond donors (Lipinski definition) is 0. The van der Waals surface area contributed by atoms with Gasteiger partial charge in [0.25, 0.3) is 0 Å². The van der Waals surface area contributed by atoms with Gasteiger partial charge in [0.15, 0.2) is 0 Å². The van der Waals surface area contributed by atoms with Crippen molar-refractivity contribution in [1.82, 2.24) is 19.9 Å². The van der Waals surface area contributed by atoms with Gasteiger partial charge >= 0.3 is 0 Å². The number of carbonyl (C=O) groups is 1. The molecule has 29 heavy (non-hydrogen) atoms. The lowest BCUT2D eigenvalue weighted by molar-refractivity contribution is -0.138. The molecule has 1 aromatic carbocycles. The number of amides is 1. The van der Waals surface area contributed by atoms with E-state index in [-0.39, 0.29) is 11.7 Å². The summed E-state index contributed by atoms with van der Waals surface area (Å²) in [7, 11) is 1.99. The zero-order valence-electron chi connectivity index (χ0n) is 17.0. The number of benzene rings is 1. The topological polar surface area (TPSA) is 62.5 Å². The van der Waals surface area contributed by atoms with Crippen molar-refractivity contribution in [3.63, 3.8) is 0 Å². The third-order valence-corrected chi connectivity index (χ3v) is 6.34. The average molecular weight is 400 g/mol. The van der Waals surface area contributed by atoms with E-state index in [1.165, 1.54) is 31.4 Å². The van der Waals surface area contributed by atoms with Crippen molar-refractivity contribution in [2.24, 2.45) is 5.92 Å². The predicted octanol–water partition coefficient (Wildman–Crippen LogP) is 3.88. The number of carbonyl (C=O) groups excluding carboxylic acids is 1. The van der Waals surface area contributed by atoms with Gasteiger partial charge in [0.2, 0.25) is 17.6 Å². The third-order valence-electron chi connectivity index (χ3n) is 6.34. The van der Waals surface area contributed by atoms with Crippen molar-refractivity contribution < 1.29 is 13.7 Å². The number of rotatable bonds is 5. The molecule has 1 aliphatic carbocycles. The highest BCUT2D eigenvalue weighted by Crippen LogP contribution is 2.26. The molecule has 1 saturated carbocycles. The number of hydrogen-bond acceptors (Lipinski definition) is 5. The third kappa shape index (κ3) is 4.83. The highest BCUT2D eigenvalue weighted by atomic mass is 19.1. The molecule has 1 saturated heterocycles. The highest BCUT2D eigenvalue weighted by Gasteiger charge is 2.31. The minimum absolute atomic E-state index is 0.121. The van der Waals surface area contributed by atoms with E-state index in [9.17, 15) is 9.18 Å². The molecule has 2 aliphatic rings. The van der Waals surface area contributed by atoms with Crippen LogP contribution >= 0.6 is 0 Å². The monoisotopic (exact) mass is 400 g/mol. The van der Waals surface area contributed by atoms with Crippen molar-refractivity contribution in [2.75, 3.05) is 20.1 Å². The van der Waals surface area contributed by atoms with Gasteiger partial charge in [0.05, 0.1) is 6.54 Å². The van der Waals surface area contributed by atoms with E-state index >= 15 is 0 Å². The van der Waals surface area contributed by atoms with E-state index in [0.29, 0.717) is 30.2 Å². The Morgan fingerprint density at radius 2 is 1.83 bits per heavy atom. The first-order valence-corrected chi connectivity index (χ1v) is 10.7. The normalized spacial score (nSPS) is 19.4. The molecule has 2 fully saturated rings. The van der Waals surface area contributed by atoms with Crippen LogP contribution in [0.4, 0.5) is 4.39 Å². The number of likely N-dealkylation sites (tertiary alicyclic amines) is 1. The molecule has 2 heterocycles. The molecule has 1 aliphatic heterocycles. The lowest BCUT2D eigenvalue weighted by atomic mass is 9.91. The van der Waals surface area contributed by atoms with E-state index in [4.69, 9.17) is 4.52 Å². The van der Waals surface area contributed by atoms with Gasteiger partial charge in [-0.05, 0) is 63.0 Å². The molecule has 7 heteroatoms. The van der Waals surface area contributed by atoms with Crippen LogP contribution in [0.3, 0.4) is 0 Å². The van der Waals surface area contributed by atoms with E-state index in [1.54, 1.807) is 12.1 Å². The van der Waals surface area contributed by atoms with Crippen LogP contribution in [0.15, 0.2) is 28.8 Å². The summed E-state index contributed by atoms with van der Waals surface area (Å²) in [5, 5.41) is 4.00. The first kappa shape index (κ1) is 20.0. The van der Waals surface area contributed by atoms with Crippen molar-refractivity contribution in [3.8, 4) is 11.4 Å². The molecule has 0 radical (unpaired) electrons. The Kier molecular flexibility index (Phi) is 6.23. The molecule has 0 atom stereocenters. The van der Waals surface area contributed by atoms with Crippen molar-refractivity contribution in [1.29, 1.82) is 0 Å². The van der Waals surface area contributed by atoms with Crippen LogP contribution in [-0.2, 0) is 11.3 Å². The lowest BCUT2D eigenvalue weighted by Crippen LogP contribution is -2.45. The van der Waals surface area contributed by atoms with Gasteiger partial charge in [0, 0.05) is 24.6 Å². The molecule has 6 nitrogen and oxygen atoms in total. The van der Waals surface area contributed by atoms with Crippen molar-refractivity contribution in [3.05, 3.63) is 36.0 Å².